The smallest absolute Gasteiger partial charge is 0.311 e. The molecule has 88 valence electrons. The number of carbonyl (C=O) groups is 1. The lowest BCUT2D eigenvalue weighted by atomic mass is 9.87. The van der Waals surface area contributed by atoms with Crippen molar-refractivity contribution in [2.24, 2.45) is 11.3 Å². The van der Waals surface area contributed by atoms with E-state index in [9.17, 15) is 4.79 Å². The highest BCUT2D eigenvalue weighted by Crippen LogP contribution is 2.29. The Balaban J connectivity index is 2.39. The predicted octanol–water partition coefficient (Wildman–Crippen LogP) is 3.54. The van der Waals surface area contributed by atoms with E-state index in [2.05, 4.69) is 6.92 Å². The fourth-order valence-corrected chi connectivity index (χ4v) is 1.80. The van der Waals surface area contributed by atoms with Gasteiger partial charge in [0.05, 0.1) is 5.41 Å². The van der Waals surface area contributed by atoms with Crippen molar-refractivity contribution in [3.8, 4) is 0 Å². The molecule has 0 amide bonds. The Morgan fingerprint density at radius 3 is 2.27 bits per heavy atom. The molecule has 0 N–H and O–H groups in total. The first-order valence-corrected chi connectivity index (χ1v) is 6.16. The summed E-state index contributed by atoms with van der Waals surface area (Å²) in [6.45, 7) is 8.22. The summed E-state index contributed by atoms with van der Waals surface area (Å²) in [4.78, 5) is 11.8. The summed E-state index contributed by atoms with van der Waals surface area (Å²) in [7, 11) is 0. The predicted molar refractivity (Wildman–Crippen MR) is 61.6 cm³/mol. The van der Waals surface area contributed by atoms with Crippen LogP contribution in [0.25, 0.3) is 0 Å². The Morgan fingerprint density at radius 2 is 1.80 bits per heavy atom. The van der Waals surface area contributed by atoms with Crippen LogP contribution < -0.4 is 0 Å². The van der Waals surface area contributed by atoms with E-state index >= 15 is 0 Å². The lowest BCUT2D eigenvalue weighted by molar-refractivity contribution is -0.161. The Kier molecular flexibility index (Phi) is 4.18. The second-order valence-electron chi connectivity index (χ2n) is 5.52. The van der Waals surface area contributed by atoms with E-state index in [1.54, 1.807) is 0 Å². The molecule has 1 rings (SSSR count). The van der Waals surface area contributed by atoms with Crippen LogP contribution in [0.2, 0.25) is 0 Å². The number of rotatable bonds is 3. The summed E-state index contributed by atoms with van der Waals surface area (Å²) in [6.07, 6.45) is 5.52. The van der Waals surface area contributed by atoms with E-state index in [1.807, 2.05) is 20.8 Å². The van der Waals surface area contributed by atoms with E-state index in [1.165, 1.54) is 12.8 Å². The van der Waals surface area contributed by atoms with E-state index in [0.717, 1.165) is 25.2 Å². The van der Waals surface area contributed by atoms with Gasteiger partial charge in [-0.15, -0.1) is 0 Å². The van der Waals surface area contributed by atoms with Crippen molar-refractivity contribution in [1.29, 1.82) is 0 Å². The van der Waals surface area contributed by atoms with Crippen molar-refractivity contribution in [3.63, 3.8) is 0 Å². The summed E-state index contributed by atoms with van der Waals surface area (Å²) in [5.41, 5.74) is -0.316. The summed E-state index contributed by atoms with van der Waals surface area (Å²) in [6, 6.07) is 0. The fraction of sp³-hybridized carbons (Fsp3) is 0.923. The maximum absolute atomic E-state index is 11.8. The fourth-order valence-electron chi connectivity index (χ4n) is 1.80. The zero-order valence-corrected chi connectivity index (χ0v) is 10.5. The number of carbonyl (C=O) groups excluding carboxylic acids is 1. The van der Waals surface area contributed by atoms with E-state index < -0.39 is 0 Å². The highest BCUT2D eigenvalue weighted by atomic mass is 16.5. The molecule has 0 heterocycles. The highest BCUT2D eigenvalue weighted by molar-refractivity contribution is 5.75. The van der Waals surface area contributed by atoms with Crippen LogP contribution in [0.1, 0.15) is 59.8 Å². The molecule has 1 aliphatic carbocycles. The topological polar surface area (TPSA) is 26.3 Å². The lowest BCUT2D eigenvalue weighted by Crippen LogP contribution is -2.31. The van der Waals surface area contributed by atoms with Gasteiger partial charge in [-0.2, -0.15) is 0 Å². The van der Waals surface area contributed by atoms with Crippen LogP contribution in [0.3, 0.4) is 0 Å². The molecular formula is C13H24O2. The molecule has 2 nitrogen and oxygen atoms in total. The van der Waals surface area contributed by atoms with Crippen molar-refractivity contribution in [2.45, 2.75) is 65.9 Å². The van der Waals surface area contributed by atoms with Crippen LogP contribution in [0.4, 0.5) is 0 Å². The van der Waals surface area contributed by atoms with Crippen molar-refractivity contribution < 1.29 is 9.53 Å². The molecule has 15 heavy (non-hydrogen) atoms. The Labute approximate surface area is 93.4 Å². The van der Waals surface area contributed by atoms with E-state index in [0.29, 0.717) is 0 Å². The Bertz CT molecular complexity index is 213. The molecule has 0 bridgehead atoms. The standard InChI is InChI=1S/C13H24O2/c1-5-13(3,4)12(14)15-11-8-6-10(2)7-9-11/h10-11H,5-9H2,1-4H3. The van der Waals surface area contributed by atoms with Crippen molar-refractivity contribution in [1.82, 2.24) is 0 Å². The Hall–Kier alpha value is -0.530. The van der Waals surface area contributed by atoms with Gasteiger partial charge in [-0.25, -0.2) is 0 Å². The molecule has 2 heteroatoms. The van der Waals surface area contributed by atoms with Crippen LogP contribution >= 0.6 is 0 Å². The van der Waals surface area contributed by atoms with Gasteiger partial charge in [0.2, 0.25) is 0 Å². The highest BCUT2D eigenvalue weighted by Gasteiger charge is 2.30. The average molecular weight is 212 g/mol. The third-order valence-corrected chi connectivity index (χ3v) is 3.67. The summed E-state index contributed by atoms with van der Waals surface area (Å²) in [5.74, 6) is 0.781. The average Bonchev–Trinajstić information content (AvgIpc) is 2.21. The first-order chi connectivity index (χ1) is 6.95. The third-order valence-electron chi connectivity index (χ3n) is 3.67. The number of hydrogen-bond acceptors (Lipinski definition) is 2. The second-order valence-corrected chi connectivity index (χ2v) is 5.52. The monoisotopic (exact) mass is 212 g/mol. The normalized spacial score (nSPS) is 27.5. The van der Waals surface area contributed by atoms with Crippen molar-refractivity contribution in [2.75, 3.05) is 0 Å². The summed E-state index contributed by atoms with van der Waals surface area (Å²) < 4.78 is 5.56. The molecule has 0 aromatic heterocycles. The van der Waals surface area contributed by atoms with Gasteiger partial charge in [0.15, 0.2) is 0 Å². The van der Waals surface area contributed by atoms with Crippen molar-refractivity contribution in [3.05, 3.63) is 0 Å². The maximum atomic E-state index is 11.8. The van der Waals surface area contributed by atoms with Gasteiger partial charge in [-0.1, -0.05) is 13.8 Å². The van der Waals surface area contributed by atoms with Crippen LogP contribution in [0, 0.1) is 11.3 Å². The SMILES string of the molecule is CCC(C)(C)C(=O)OC1CCC(C)CC1. The molecule has 0 aromatic rings. The van der Waals surface area contributed by atoms with Gasteiger partial charge in [0, 0.05) is 0 Å². The molecule has 0 radical (unpaired) electrons. The van der Waals surface area contributed by atoms with Gasteiger partial charge < -0.3 is 4.74 Å². The van der Waals surface area contributed by atoms with E-state index in [4.69, 9.17) is 4.74 Å². The zero-order chi connectivity index (χ0) is 11.5. The van der Waals surface area contributed by atoms with Gasteiger partial charge in [0.25, 0.3) is 0 Å². The third kappa shape index (κ3) is 3.51. The molecule has 1 aliphatic rings. The van der Waals surface area contributed by atoms with Gasteiger partial charge in [-0.05, 0) is 51.9 Å². The molecular weight excluding hydrogens is 188 g/mol. The van der Waals surface area contributed by atoms with Crippen LogP contribution in [0.15, 0.2) is 0 Å². The summed E-state index contributed by atoms with van der Waals surface area (Å²) >= 11 is 0. The minimum atomic E-state index is -0.316. The molecule has 0 aromatic carbocycles. The van der Waals surface area contributed by atoms with Crippen LogP contribution in [-0.4, -0.2) is 12.1 Å². The number of ether oxygens (including phenoxy) is 1. The lowest BCUT2D eigenvalue weighted by Gasteiger charge is -2.29. The van der Waals surface area contributed by atoms with Gasteiger partial charge >= 0.3 is 5.97 Å². The van der Waals surface area contributed by atoms with Crippen LogP contribution in [-0.2, 0) is 9.53 Å². The number of esters is 1. The second kappa shape index (κ2) is 5.00. The molecule has 0 spiro atoms. The zero-order valence-electron chi connectivity index (χ0n) is 10.5. The van der Waals surface area contributed by atoms with E-state index in [-0.39, 0.29) is 17.5 Å². The molecule has 1 fully saturated rings. The minimum Gasteiger partial charge on any atom is -0.462 e. The van der Waals surface area contributed by atoms with Crippen molar-refractivity contribution >= 4 is 5.97 Å². The largest absolute Gasteiger partial charge is 0.462 e. The van der Waals surface area contributed by atoms with Crippen LogP contribution in [0.5, 0.6) is 0 Å². The van der Waals surface area contributed by atoms with Gasteiger partial charge in [-0.3, -0.25) is 4.79 Å². The van der Waals surface area contributed by atoms with Gasteiger partial charge in [0.1, 0.15) is 6.10 Å². The molecule has 0 aliphatic heterocycles. The minimum absolute atomic E-state index is 0.0236. The first kappa shape index (κ1) is 12.5. The molecule has 0 saturated heterocycles. The maximum Gasteiger partial charge on any atom is 0.311 e. The molecule has 1 saturated carbocycles. The Morgan fingerprint density at radius 1 is 1.27 bits per heavy atom. The molecule has 0 atom stereocenters. The summed E-state index contributed by atoms with van der Waals surface area (Å²) in [5, 5.41) is 0. The molecule has 0 unspecified atom stereocenters. The quantitative estimate of drug-likeness (QED) is 0.669. The first-order valence-electron chi connectivity index (χ1n) is 6.16. The number of hydrogen-bond donors (Lipinski definition) is 0.